The minimum absolute atomic E-state index is 0.222. The lowest BCUT2D eigenvalue weighted by molar-refractivity contribution is -0.00232. The maximum Gasteiger partial charge on any atom is 0.319 e. The molecule has 0 saturated heterocycles. The maximum absolute atomic E-state index is 12.4. The predicted molar refractivity (Wildman–Crippen MR) is 116 cm³/mol. The molecule has 1 aliphatic rings. The van der Waals surface area contributed by atoms with Crippen molar-refractivity contribution >= 4 is 17.6 Å². The van der Waals surface area contributed by atoms with E-state index >= 15 is 0 Å². The molecule has 1 heterocycles. The lowest BCUT2D eigenvalue weighted by Crippen LogP contribution is -2.34. The Labute approximate surface area is 177 Å². The number of hydrogen-bond donors (Lipinski definition) is 3. The zero-order valence-corrected chi connectivity index (χ0v) is 17.4. The predicted octanol–water partition coefficient (Wildman–Crippen LogP) is 3.73. The van der Waals surface area contributed by atoms with Crippen LogP contribution in [0.4, 0.5) is 10.5 Å². The molecule has 30 heavy (non-hydrogen) atoms. The van der Waals surface area contributed by atoms with Gasteiger partial charge in [0.25, 0.3) is 5.91 Å². The van der Waals surface area contributed by atoms with Crippen LogP contribution >= 0.6 is 0 Å². The van der Waals surface area contributed by atoms with Crippen LogP contribution in [0, 0.1) is 5.92 Å². The topological polar surface area (TPSA) is 92.4 Å². The largest absolute Gasteiger partial charge is 0.376 e. The monoisotopic (exact) mass is 410 g/mol. The van der Waals surface area contributed by atoms with Crippen molar-refractivity contribution in [2.24, 2.45) is 5.92 Å². The lowest BCUT2D eigenvalue weighted by atomic mass is 9.88. The molecule has 160 valence electrons. The average molecular weight is 411 g/mol. The second-order valence-electron chi connectivity index (χ2n) is 7.64. The van der Waals surface area contributed by atoms with Crippen molar-refractivity contribution in [3.05, 3.63) is 59.9 Å². The van der Waals surface area contributed by atoms with E-state index < -0.39 is 0 Å². The standard InChI is InChI=1S/C23H30N4O3/c1-17-7-2-3-11-21(17)30-14-13-25-23(29)27-19-10-6-8-18(15-19)22(28)26-16-20-9-4-5-12-24-20/h4-6,8-10,12,15,17,21H,2-3,7,11,13-14,16H2,1H3,(H,26,28)(H2,25,27,29)/t17-,21-/m1/s1. The first-order chi connectivity index (χ1) is 14.6. The van der Waals surface area contributed by atoms with E-state index in [1.165, 1.54) is 19.3 Å². The van der Waals surface area contributed by atoms with Crippen LogP contribution in [0.15, 0.2) is 48.7 Å². The molecular weight excluding hydrogens is 380 g/mol. The molecule has 1 aromatic carbocycles. The van der Waals surface area contributed by atoms with E-state index in [9.17, 15) is 9.59 Å². The van der Waals surface area contributed by atoms with Gasteiger partial charge in [0.1, 0.15) is 0 Å². The zero-order valence-electron chi connectivity index (χ0n) is 17.4. The second-order valence-corrected chi connectivity index (χ2v) is 7.64. The van der Waals surface area contributed by atoms with Gasteiger partial charge in [-0.1, -0.05) is 31.9 Å². The first-order valence-electron chi connectivity index (χ1n) is 10.6. The van der Waals surface area contributed by atoms with E-state index in [1.807, 2.05) is 18.2 Å². The summed E-state index contributed by atoms with van der Waals surface area (Å²) in [5.41, 5.74) is 1.81. The number of urea groups is 1. The number of pyridine rings is 1. The number of carbonyl (C=O) groups excluding carboxylic acids is 2. The number of hydrogen-bond acceptors (Lipinski definition) is 4. The first-order valence-corrected chi connectivity index (χ1v) is 10.6. The minimum atomic E-state index is -0.318. The van der Waals surface area contributed by atoms with Crippen LogP contribution in [0.5, 0.6) is 0 Å². The molecule has 7 heteroatoms. The number of aromatic nitrogens is 1. The summed E-state index contributed by atoms with van der Waals surface area (Å²) in [7, 11) is 0. The molecule has 3 N–H and O–H groups in total. The summed E-state index contributed by atoms with van der Waals surface area (Å²) in [6, 6.07) is 12.1. The summed E-state index contributed by atoms with van der Waals surface area (Å²) in [6.45, 7) is 3.51. The summed E-state index contributed by atoms with van der Waals surface area (Å²) in [6.07, 6.45) is 6.79. The molecule has 1 fully saturated rings. The maximum atomic E-state index is 12.4. The summed E-state index contributed by atoms with van der Waals surface area (Å²) in [5, 5.41) is 8.38. The summed E-state index contributed by atoms with van der Waals surface area (Å²) >= 11 is 0. The number of carbonyl (C=O) groups is 2. The van der Waals surface area contributed by atoms with Gasteiger partial charge in [-0.25, -0.2) is 4.79 Å². The number of anilines is 1. The second kappa shape index (κ2) is 11.3. The molecular formula is C23H30N4O3. The van der Waals surface area contributed by atoms with Gasteiger partial charge in [0.05, 0.1) is 24.9 Å². The number of benzene rings is 1. The van der Waals surface area contributed by atoms with E-state index in [0.29, 0.717) is 43.0 Å². The van der Waals surface area contributed by atoms with Gasteiger partial charge in [0.15, 0.2) is 0 Å². The highest BCUT2D eigenvalue weighted by Crippen LogP contribution is 2.25. The molecule has 7 nitrogen and oxygen atoms in total. The number of rotatable bonds is 8. The highest BCUT2D eigenvalue weighted by molar-refractivity contribution is 5.96. The lowest BCUT2D eigenvalue weighted by Gasteiger charge is -2.28. The highest BCUT2D eigenvalue weighted by Gasteiger charge is 2.21. The van der Waals surface area contributed by atoms with Crippen LogP contribution in [0.1, 0.15) is 48.7 Å². The molecule has 1 aliphatic carbocycles. The Kier molecular flexibility index (Phi) is 8.20. The molecule has 0 aliphatic heterocycles. The molecule has 3 amide bonds. The van der Waals surface area contributed by atoms with E-state index in [2.05, 4.69) is 27.9 Å². The van der Waals surface area contributed by atoms with Crippen LogP contribution in [0.25, 0.3) is 0 Å². The third kappa shape index (κ3) is 6.84. The quantitative estimate of drug-likeness (QED) is 0.578. The van der Waals surface area contributed by atoms with Crippen molar-refractivity contribution in [2.75, 3.05) is 18.5 Å². The summed E-state index contributed by atoms with van der Waals surface area (Å²) in [4.78, 5) is 28.7. The number of nitrogens with one attached hydrogen (secondary N) is 3. The molecule has 0 bridgehead atoms. The Bertz CT molecular complexity index is 828. The molecule has 0 unspecified atom stereocenters. The molecule has 0 radical (unpaired) electrons. The summed E-state index contributed by atoms with van der Waals surface area (Å²) in [5.74, 6) is 0.360. The van der Waals surface area contributed by atoms with Gasteiger partial charge in [0.2, 0.25) is 0 Å². The van der Waals surface area contributed by atoms with Gasteiger partial charge in [-0.15, -0.1) is 0 Å². The molecule has 2 atom stereocenters. The Morgan fingerprint density at radius 3 is 2.77 bits per heavy atom. The van der Waals surface area contributed by atoms with E-state index in [-0.39, 0.29) is 11.9 Å². The number of amides is 3. The average Bonchev–Trinajstić information content (AvgIpc) is 2.77. The highest BCUT2D eigenvalue weighted by atomic mass is 16.5. The minimum Gasteiger partial charge on any atom is -0.376 e. The Hall–Kier alpha value is -2.93. The molecule has 1 saturated carbocycles. The molecule has 1 aromatic heterocycles. The normalized spacial score (nSPS) is 18.4. The van der Waals surface area contributed by atoms with Crippen LogP contribution in [-0.2, 0) is 11.3 Å². The molecule has 3 rings (SSSR count). The van der Waals surface area contributed by atoms with E-state index in [0.717, 1.165) is 12.1 Å². The first kappa shape index (κ1) is 21.8. The third-order valence-electron chi connectivity index (χ3n) is 5.29. The van der Waals surface area contributed by atoms with E-state index in [4.69, 9.17) is 4.74 Å². The third-order valence-corrected chi connectivity index (χ3v) is 5.29. The van der Waals surface area contributed by atoms with Gasteiger partial charge in [-0.05, 0) is 49.1 Å². The van der Waals surface area contributed by atoms with Crippen molar-refractivity contribution in [1.29, 1.82) is 0 Å². The Morgan fingerprint density at radius 2 is 1.97 bits per heavy atom. The van der Waals surface area contributed by atoms with Crippen LogP contribution in [0.3, 0.4) is 0 Å². The zero-order chi connectivity index (χ0) is 21.2. The smallest absolute Gasteiger partial charge is 0.319 e. The van der Waals surface area contributed by atoms with Crippen molar-refractivity contribution in [3.63, 3.8) is 0 Å². The van der Waals surface area contributed by atoms with E-state index in [1.54, 1.807) is 30.5 Å². The van der Waals surface area contributed by atoms with Crippen molar-refractivity contribution < 1.29 is 14.3 Å². The fourth-order valence-corrected chi connectivity index (χ4v) is 3.59. The number of nitrogens with zero attached hydrogens (tertiary/aromatic N) is 1. The molecule has 0 spiro atoms. The van der Waals surface area contributed by atoms with Crippen molar-refractivity contribution in [2.45, 2.75) is 45.3 Å². The fourth-order valence-electron chi connectivity index (χ4n) is 3.59. The van der Waals surface area contributed by atoms with Gasteiger partial charge in [-0.3, -0.25) is 9.78 Å². The molecule has 2 aromatic rings. The Morgan fingerprint density at radius 1 is 1.10 bits per heavy atom. The van der Waals surface area contributed by atoms with Gasteiger partial charge in [0, 0.05) is 24.0 Å². The van der Waals surface area contributed by atoms with Gasteiger partial charge < -0.3 is 20.7 Å². The SMILES string of the molecule is C[C@@H]1CCCC[C@H]1OCCNC(=O)Nc1cccc(C(=O)NCc2ccccn2)c1. The van der Waals surface area contributed by atoms with Gasteiger partial charge >= 0.3 is 6.03 Å². The van der Waals surface area contributed by atoms with Crippen LogP contribution in [-0.4, -0.2) is 36.2 Å². The fraction of sp³-hybridized carbons (Fsp3) is 0.435. The number of ether oxygens (including phenoxy) is 1. The summed E-state index contributed by atoms with van der Waals surface area (Å²) < 4.78 is 5.91. The Balaban J connectivity index is 1.40. The van der Waals surface area contributed by atoms with Crippen molar-refractivity contribution in [3.8, 4) is 0 Å². The van der Waals surface area contributed by atoms with Gasteiger partial charge in [-0.2, -0.15) is 0 Å². The van der Waals surface area contributed by atoms with Crippen molar-refractivity contribution in [1.82, 2.24) is 15.6 Å². The van der Waals surface area contributed by atoms with Crippen LogP contribution in [0.2, 0.25) is 0 Å². The van der Waals surface area contributed by atoms with Crippen LogP contribution < -0.4 is 16.0 Å².